The summed E-state index contributed by atoms with van der Waals surface area (Å²) >= 11 is 0. The van der Waals surface area contributed by atoms with Gasteiger partial charge in [0.15, 0.2) is 11.9 Å². The molecule has 1 heterocycles. The number of carbonyl (C=O) groups is 1. The monoisotopic (exact) mass is 358 g/mol. The lowest BCUT2D eigenvalue weighted by Gasteiger charge is -2.12. The van der Waals surface area contributed by atoms with Gasteiger partial charge in [-0.1, -0.05) is 42.5 Å². The van der Waals surface area contributed by atoms with Gasteiger partial charge in [-0.2, -0.15) is 4.57 Å². The molecule has 2 nitrogen and oxygen atoms in total. The fourth-order valence-electron chi connectivity index (χ4n) is 3.51. The Bertz CT molecular complexity index is 987. The number of rotatable bonds is 5. The second-order valence-corrected chi connectivity index (χ2v) is 7.58. The zero-order chi connectivity index (χ0) is 19.6. The number of aromatic nitrogens is 1. The SMILES string of the molecule is Cc1cc(C)c(Cc2cc(C)[n+](CC(=O)c3ccccc3)cc2C)cc1C. The van der Waals surface area contributed by atoms with Gasteiger partial charge in [-0.05, 0) is 61.9 Å². The Hall–Kier alpha value is -2.74. The van der Waals surface area contributed by atoms with Crippen molar-refractivity contribution in [2.45, 2.75) is 47.6 Å². The summed E-state index contributed by atoms with van der Waals surface area (Å²) in [5.41, 5.74) is 9.81. The number of benzene rings is 2. The molecule has 0 bridgehead atoms. The van der Waals surface area contributed by atoms with E-state index in [0.717, 1.165) is 17.7 Å². The molecule has 2 aromatic carbocycles. The Balaban J connectivity index is 1.85. The fourth-order valence-corrected chi connectivity index (χ4v) is 3.51. The van der Waals surface area contributed by atoms with Gasteiger partial charge >= 0.3 is 0 Å². The van der Waals surface area contributed by atoms with E-state index in [1.807, 2.05) is 30.3 Å². The molecule has 0 N–H and O–H groups in total. The summed E-state index contributed by atoms with van der Waals surface area (Å²) in [4.78, 5) is 12.5. The molecule has 138 valence electrons. The molecule has 0 spiro atoms. The van der Waals surface area contributed by atoms with Crippen LogP contribution in [0.25, 0.3) is 0 Å². The minimum absolute atomic E-state index is 0.140. The molecule has 27 heavy (non-hydrogen) atoms. The highest BCUT2D eigenvalue weighted by atomic mass is 16.1. The third-order valence-corrected chi connectivity index (χ3v) is 5.44. The Morgan fingerprint density at radius 3 is 2.11 bits per heavy atom. The highest BCUT2D eigenvalue weighted by Gasteiger charge is 2.17. The first-order chi connectivity index (χ1) is 12.8. The first-order valence-electron chi connectivity index (χ1n) is 9.49. The number of Topliss-reactive ketones (excluding diaryl/α,β-unsaturated/α-hetero) is 1. The second kappa shape index (κ2) is 7.87. The average molecular weight is 359 g/mol. The van der Waals surface area contributed by atoms with Gasteiger partial charge in [0.25, 0.3) is 0 Å². The van der Waals surface area contributed by atoms with Crippen LogP contribution in [-0.4, -0.2) is 5.78 Å². The van der Waals surface area contributed by atoms with Crippen molar-refractivity contribution < 1.29 is 9.36 Å². The number of carbonyl (C=O) groups excluding carboxylic acids is 1. The van der Waals surface area contributed by atoms with Crippen molar-refractivity contribution in [2.75, 3.05) is 0 Å². The predicted molar refractivity (Wildman–Crippen MR) is 110 cm³/mol. The zero-order valence-electron chi connectivity index (χ0n) is 17.0. The maximum Gasteiger partial charge on any atom is 0.227 e. The highest BCUT2D eigenvalue weighted by Crippen LogP contribution is 2.20. The number of pyridine rings is 1. The lowest BCUT2D eigenvalue weighted by Crippen LogP contribution is -2.41. The number of aryl methyl sites for hydroxylation is 5. The maximum atomic E-state index is 12.5. The normalized spacial score (nSPS) is 10.9. The summed E-state index contributed by atoms with van der Waals surface area (Å²) in [6, 6.07) is 16.3. The average Bonchev–Trinajstić information content (AvgIpc) is 2.64. The molecule has 0 saturated carbocycles. The van der Waals surface area contributed by atoms with Crippen LogP contribution in [0.5, 0.6) is 0 Å². The summed E-state index contributed by atoms with van der Waals surface area (Å²) in [5, 5.41) is 0. The number of ketones is 1. The van der Waals surface area contributed by atoms with Crippen LogP contribution in [0.15, 0.2) is 54.7 Å². The number of nitrogens with zero attached hydrogens (tertiary/aromatic N) is 1. The van der Waals surface area contributed by atoms with Crippen LogP contribution in [0.4, 0.5) is 0 Å². The summed E-state index contributed by atoms with van der Waals surface area (Å²) in [5.74, 6) is 0.140. The number of hydrogen-bond donors (Lipinski definition) is 0. The summed E-state index contributed by atoms with van der Waals surface area (Å²) in [6.07, 6.45) is 3.04. The minimum atomic E-state index is 0.140. The van der Waals surface area contributed by atoms with Crippen molar-refractivity contribution in [2.24, 2.45) is 0 Å². The molecule has 0 amide bonds. The Morgan fingerprint density at radius 1 is 0.778 bits per heavy atom. The molecule has 0 aliphatic heterocycles. The first-order valence-corrected chi connectivity index (χ1v) is 9.49. The molecule has 3 aromatic rings. The predicted octanol–water partition coefficient (Wildman–Crippen LogP) is 4.99. The lowest BCUT2D eigenvalue weighted by molar-refractivity contribution is -0.689. The zero-order valence-corrected chi connectivity index (χ0v) is 17.0. The molecule has 0 atom stereocenters. The quantitative estimate of drug-likeness (QED) is 0.465. The highest BCUT2D eigenvalue weighted by molar-refractivity contribution is 5.94. The minimum Gasteiger partial charge on any atom is -0.287 e. The van der Waals surface area contributed by atoms with Crippen LogP contribution in [0.2, 0.25) is 0 Å². The third-order valence-electron chi connectivity index (χ3n) is 5.44. The Morgan fingerprint density at radius 2 is 1.41 bits per heavy atom. The van der Waals surface area contributed by atoms with Gasteiger partial charge in [-0.3, -0.25) is 4.79 Å². The van der Waals surface area contributed by atoms with Crippen LogP contribution in [0.1, 0.15) is 49.4 Å². The van der Waals surface area contributed by atoms with Crippen molar-refractivity contribution >= 4 is 5.78 Å². The van der Waals surface area contributed by atoms with E-state index in [9.17, 15) is 4.79 Å². The second-order valence-electron chi connectivity index (χ2n) is 7.58. The van der Waals surface area contributed by atoms with Gasteiger partial charge in [-0.15, -0.1) is 0 Å². The molecule has 0 unspecified atom stereocenters. The molecule has 0 aliphatic carbocycles. The topological polar surface area (TPSA) is 20.9 Å². The summed E-state index contributed by atoms with van der Waals surface area (Å²) in [6.45, 7) is 11.1. The van der Waals surface area contributed by atoms with Crippen molar-refractivity contribution in [1.29, 1.82) is 0 Å². The van der Waals surface area contributed by atoms with E-state index in [2.05, 4.69) is 63.6 Å². The van der Waals surface area contributed by atoms with E-state index in [0.29, 0.717) is 6.54 Å². The van der Waals surface area contributed by atoms with Crippen LogP contribution in [0, 0.1) is 34.6 Å². The molecule has 1 aromatic heterocycles. The van der Waals surface area contributed by atoms with Crippen molar-refractivity contribution in [3.8, 4) is 0 Å². The molecule has 0 aliphatic rings. The van der Waals surface area contributed by atoms with Crippen molar-refractivity contribution in [3.05, 3.63) is 99.4 Å². The Kier molecular flexibility index (Phi) is 5.55. The van der Waals surface area contributed by atoms with Gasteiger partial charge in [0, 0.05) is 24.1 Å². The van der Waals surface area contributed by atoms with Gasteiger partial charge in [0.1, 0.15) is 0 Å². The largest absolute Gasteiger partial charge is 0.287 e. The standard InChI is InChI=1S/C25H28NO/c1-17-11-19(3)23(12-18(17)2)14-24-13-21(5)26(15-20(24)4)16-25(27)22-9-7-6-8-10-22/h6-13,15H,14,16H2,1-5H3/q+1. The summed E-state index contributed by atoms with van der Waals surface area (Å²) in [7, 11) is 0. The first kappa shape index (κ1) is 19.0. The van der Waals surface area contributed by atoms with E-state index >= 15 is 0 Å². The number of hydrogen-bond acceptors (Lipinski definition) is 1. The third kappa shape index (κ3) is 4.33. The van der Waals surface area contributed by atoms with Crippen molar-refractivity contribution in [3.63, 3.8) is 0 Å². The van der Waals surface area contributed by atoms with Gasteiger partial charge in [0.2, 0.25) is 12.3 Å². The molecule has 0 radical (unpaired) electrons. The van der Waals surface area contributed by atoms with Gasteiger partial charge in [-0.25, -0.2) is 0 Å². The van der Waals surface area contributed by atoms with Crippen LogP contribution >= 0.6 is 0 Å². The molecule has 3 rings (SSSR count). The van der Waals surface area contributed by atoms with E-state index in [-0.39, 0.29) is 5.78 Å². The van der Waals surface area contributed by atoms with Crippen LogP contribution < -0.4 is 4.57 Å². The van der Waals surface area contributed by atoms with E-state index in [1.54, 1.807) is 0 Å². The fraction of sp³-hybridized carbons (Fsp3) is 0.280. The summed E-state index contributed by atoms with van der Waals surface area (Å²) < 4.78 is 2.06. The smallest absolute Gasteiger partial charge is 0.227 e. The molecular formula is C25H28NO+. The van der Waals surface area contributed by atoms with Gasteiger partial charge in [0.05, 0.1) is 0 Å². The van der Waals surface area contributed by atoms with Crippen LogP contribution in [0.3, 0.4) is 0 Å². The van der Waals surface area contributed by atoms with E-state index in [4.69, 9.17) is 0 Å². The van der Waals surface area contributed by atoms with Gasteiger partial charge < -0.3 is 0 Å². The molecule has 0 fully saturated rings. The molecule has 2 heteroatoms. The van der Waals surface area contributed by atoms with Crippen molar-refractivity contribution in [1.82, 2.24) is 0 Å². The Labute approximate surface area is 162 Å². The van der Waals surface area contributed by atoms with Crippen LogP contribution in [-0.2, 0) is 13.0 Å². The maximum absolute atomic E-state index is 12.5. The molecule has 0 saturated heterocycles. The lowest BCUT2D eigenvalue weighted by atomic mass is 9.94. The molecular weight excluding hydrogens is 330 g/mol. The van der Waals surface area contributed by atoms with E-state index in [1.165, 1.54) is 33.4 Å². The van der Waals surface area contributed by atoms with E-state index < -0.39 is 0 Å².